The van der Waals surface area contributed by atoms with Gasteiger partial charge in [0, 0.05) is 0 Å². The molecule has 0 spiro atoms. The molecule has 0 heterocycles. The van der Waals surface area contributed by atoms with E-state index in [1.54, 1.807) is 6.07 Å². The molecule has 3 heteroatoms. The molecule has 0 saturated carbocycles. The summed E-state index contributed by atoms with van der Waals surface area (Å²) in [5.74, 6) is -0.380. The molecule has 0 bridgehead atoms. The van der Waals surface area contributed by atoms with Crippen molar-refractivity contribution in [2.75, 3.05) is 7.05 Å². The number of benzene rings is 2. The number of hydrogen-bond donors (Lipinski definition) is 1. The topological polar surface area (TPSA) is 12.0 Å². The fourth-order valence-corrected chi connectivity index (χ4v) is 2.97. The maximum atomic E-state index is 13.8. The second kappa shape index (κ2) is 6.17. The van der Waals surface area contributed by atoms with Gasteiger partial charge in [0.1, 0.15) is 5.82 Å². The minimum absolute atomic E-state index is 0.0460. The summed E-state index contributed by atoms with van der Waals surface area (Å²) in [6.45, 7) is 8.46. The van der Waals surface area contributed by atoms with Crippen LogP contribution in [0.4, 0.5) is 4.39 Å². The zero-order valence-electron chi connectivity index (χ0n) is 13.1. The van der Waals surface area contributed by atoms with Crippen molar-refractivity contribution in [1.29, 1.82) is 0 Å². The summed E-state index contributed by atoms with van der Waals surface area (Å²) in [6.07, 6.45) is 0. The summed E-state index contributed by atoms with van der Waals surface area (Å²) >= 11 is 5.79. The van der Waals surface area contributed by atoms with Gasteiger partial charge in [-0.25, -0.2) is 4.39 Å². The number of nitrogens with one attached hydrogen (secondary N) is 1. The van der Waals surface area contributed by atoms with Crippen molar-refractivity contribution >= 4 is 11.6 Å². The van der Waals surface area contributed by atoms with Crippen molar-refractivity contribution in [2.24, 2.45) is 0 Å². The SMILES string of the molecule is CNC(c1ccc(Cl)c(F)c1)c1c(C)c(C)cc(C)c1C. The van der Waals surface area contributed by atoms with Crippen molar-refractivity contribution in [3.8, 4) is 0 Å². The van der Waals surface area contributed by atoms with E-state index in [9.17, 15) is 4.39 Å². The van der Waals surface area contributed by atoms with Crippen LogP contribution in [0.15, 0.2) is 24.3 Å². The first kappa shape index (κ1) is 16.0. The van der Waals surface area contributed by atoms with Crippen LogP contribution >= 0.6 is 11.6 Å². The highest BCUT2D eigenvalue weighted by molar-refractivity contribution is 6.30. The smallest absolute Gasteiger partial charge is 0.142 e. The molecule has 0 saturated heterocycles. The van der Waals surface area contributed by atoms with Gasteiger partial charge in [0.05, 0.1) is 11.1 Å². The Bertz CT molecular complexity index is 653. The molecule has 112 valence electrons. The third kappa shape index (κ3) is 2.97. The molecule has 0 fully saturated rings. The molecule has 2 aromatic rings. The first-order chi connectivity index (χ1) is 9.86. The van der Waals surface area contributed by atoms with E-state index in [2.05, 4.69) is 39.1 Å². The molecular weight excluding hydrogens is 285 g/mol. The second-order valence-electron chi connectivity index (χ2n) is 5.57. The molecule has 0 radical (unpaired) electrons. The van der Waals surface area contributed by atoms with Gasteiger partial charge in [-0.1, -0.05) is 23.7 Å². The molecule has 0 aliphatic rings. The van der Waals surface area contributed by atoms with Crippen molar-refractivity contribution in [1.82, 2.24) is 5.32 Å². The zero-order chi connectivity index (χ0) is 15.7. The first-order valence-corrected chi connectivity index (χ1v) is 7.44. The predicted molar refractivity (Wildman–Crippen MR) is 87.7 cm³/mol. The Morgan fingerprint density at radius 1 is 1.00 bits per heavy atom. The molecule has 1 N–H and O–H groups in total. The van der Waals surface area contributed by atoms with Gasteiger partial charge in [0.25, 0.3) is 0 Å². The van der Waals surface area contributed by atoms with Crippen LogP contribution in [0.1, 0.15) is 39.4 Å². The Morgan fingerprint density at radius 2 is 1.57 bits per heavy atom. The number of aryl methyl sites for hydroxylation is 2. The van der Waals surface area contributed by atoms with E-state index < -0.39 is 0 Å². The van der Waals surface area contributed by atoms with Gasteiger partial charge in [-0.05, 0) is 80.3 Å². The Kier molecular flexibility index (Phi) is 4.70. The summed E-state index contributed by atoms with van der Waals surface area (Å²) in [4.78, 5) is 0. The first-order valence-electron chi connectivity index (χ1n) is 7.06. The number of rotatable bonds is 3. The average Bonchev–Trinajstić information content (AvgIpc) is 2.44. The van der Waals surface area contributed by atoms with Gasteiger partial charge >= 0.3 is 0 Å². The highest BCUT2D eigenvalue weighted by Crippen LogP contribution is 2.32. The number of halogens is 2. The van der Waals surface area contributed by atoms with Gasteiger partial charge in [-0.3, -0.25) is 0 Å². The quantitative estimate of drug-likeness (QED) is 0.839. The molecule has 0 aliphatic heterocycles. The molecule has 0 aliphatic carbocycles. The van der Waals surface area contributed by atoms with Gasteiger partial charge in [0.2, 0.25) is 0 Å². The summed E-state index contributed by atoms with van der Waals surface area (Å²) in [7, 11) is 1.90. The minimum atomic E-state index is -0.380. The monoisotopic (exact) mass is 305 g/mol. The molecular formula is C18H21ClFN. The molecule has 2 aromatic carbocycles. The van der Waals surface area contributed by atoms with Crippen molar-refractivity contribution in [3.05, 3.63) is 68.5 Å². The highest BCUT2D eigenvalue weighted by atomic mass is 35.5. The maximum absolute atomic E-state index is 13.8. The number of hydrogen-bond acceptors (Lipinski definition) is 1. The Hall–Kier alpha value is -1.38. The second-order valence-corrected chi connectivity index (χ2v) is 5.98. The van der Waals surface area contributed by atoms with E-state index in [0.717, 1.165) is 5.56 Å². The standard InChI is InChI=1S/C18H21ClFN/c1-10-8-11(2)13(4)17(12(10)3)18(21-5)14-6-7-15(19)16(20)9-14/h6-9,18,21H,1-5H3. The molecule has 1 atom stereocenters. The predicted octanol–water partition coefficient (Wildman–Crippen LogP) is 5.02. The largest absolute Gasteiger partial charge is 0.309 e. The fraction of sp³-hybridized carbons (Fsp3) is 0.333. The van der Waals surface area contributed by atoms with E-state index in [-0.39, 0.29) is 16.9 Å². The minimum Gasteiger partial charge on any atom is -0.309 e. The van der Waals surface area contributed by atoms with Crippen molar-refractivity contribution in [3.63, 3.8) is 0 Å². The van der Waals surface area contributed by atoms with Crippen LogP contribution in [0.3, 0.4) is 0 Å². The normalized spacial score (nSPS) is 12.5. The molecule has 2 rings (SSSR count). The van der Waals surface area contributed by atoms with Gasteiger partial charge in [0.15, 0.2) is 0 Å². The lowest BCUT2D eigenvalue weighted by molar-refractivity contribution is 0.616. The van der Waals surface area contributed by atoms with Crippen LogP contribution in [0.5, 0.6) is 0 Å². The average molecular weight is 306 g/mol. The van der Waals surface area contributed by atoms with E-state index in [1.165, 1.54) is 33.9 Å². The lowest BCUT2D eigenvalue weighted by Gasteiger charge is -2.24. The summed E-state index contributed by atoms with van der Waals surface area (Å²) in [6, 6.07) is 7.16. The van der Waals surface area contributed by atoms with E-state index in [4.69, 9.17) is 11.6 Å². The van der Waals surface area contributed by atoms with E-state index >= 15 is 0 Å². The van der Waals surface area contributed by atoms with Crippen LogP contribution < -0.4 is 5.32 Å². The van der Waals surface area contributed by atoms with Crippen LogP contribution in [0.25, 0.3) is 0 Å². The van der Waals surface area contributed by atoms with E-state index in [1.807, 2.05) is 13.1 Å². The summed E-state index contributed by atoms with van der Waals surface area (Å²) < 4.78 is 13.8. The molecule has 1 nitrogen and oxygen atoms in total. The zero-order valence-corrected chi connectivity index (χ0v) is 13.9. The molecule has 1 unspecified atom stereocenters. The molecule has 21 heavy (non-hydrogen) atoms. The maximum Gasteiger partial charge on any atom is 0.142 e. The van der Waals surface area contributed by atoms with Crippen LogP contribution in [0, 0.1) is 33.5 Å². The fourth-order valence-electron chi connectivity index (χ4n) is 2.85. The highest BCUT2D eigenvalue weighted by Gasteiger charge is 2.20. The third-order valence-electron chi connectivity index (χ3n) is 4.28. The van der Waals surface area contributed by atoms with Gasteiger partial charge in [-0.15, -0.1) is 0 Å². The van der Waals surface area contributed by atoms with Crippen LogP contribution in [-0.2, 0) is 0 Å². The lowest BCUT2D eigenvalue weighted by atomic mass is 9.87. The van der Waals surface area contributed by atoms with Crippen molar-refractivity contribution in [2.45, 2.75) is 33.7 Å². The van der Waals surface area contributed by atoms with Crippen molar-refractivity contribution < 1.29 is 4.39 Å². The lowest BCUT2D eigenvalue weighted by Crippen LogP contribution is -2.21. The Morgan fingerprint density at radius 3 is 2.05 bits per heavy atom. The molecule has 0 aromatic heterocycles. The third-order valence-corrected chi connectivity index (χ3v) is 4.58. The Balaban J connectivity index is 2.64. The van der Waals surface area contributed by atoms with Crippen LogP contribution in [0.2, 0.25) is 5.02 Å². The summed E-state index contributed by atoms with van der Waals surface area (Å²) in [5.41, 5.74) is 7.10. The molecule has 0 amide bonds. The summed E-state index contributed by atoms with van der Waals surface area (Å²) in [5, 5.41) is 3.46. The van der Waals surface area contributed by atoms with Gasteiger partial charge < -0.3 is 5.32 Å². The Labute approximate surface area is 131 Å². The van der Waals surface area contributed by atoms with Crippen LogP contribution in [-0.4, -0.2) is 7.05 Å². The van der Waals surface area contributed by atoms with Gasteiger partial charge in [-0.2, -0.15) is 0 Å². The van der Waals surface area contributed by atoms with E-state index in [0.29, 0.717) is 0 Å².